The molecule has 150 valence electrons. The van der Waals surface area contributed by atoms with Gasteiger partial charge in [-0.1, -0.05) is 0 Å². The van der Waals surface area contributed by atoms with Gasteiger partial charge in [0.05, 0.1) is 21.3 Å². The van der Waals surface area contributed by atoms with E-state index in [2.05, 4.69) is 5.32 Å². The molecule has 0 atom stereocenters. The molecule has 0 saturated heterocycles. The highest BCUT2D eigenvalue weighted by Gasteiger charge is 2.12. The third-order valence-corrected chi connectivity index (χ3v) is 3.68. The van der Waals surface area contributed by atoms with E-state index < -0.39 is 11.9 Å². The van der Waals surface area contributed by atoms with Crippen LogP contribution in [0.15, 0.2) is 42.5 Å². The molecule has 0 radical (unpaired) electrons. The fraction of sp³-hybridized carbons (Fsp3) is 0.300. The molecular weight excluding hydrogens is 366 g/mol. The van der Waals surface area contributed by atoms with Crippen LogP contribution in [-0.4, -0.2) is 53.0 Å². The van der Waals surface area contributed by atoms with Crippen molar-refractivity contribution < 1.29 is 33.3 Å². The lowest BCUT2D eigenvalue weighted by Crippen LogP contribution is -2.31. The summed E-state index contributed by atoms with van der Waals surface area (Å²) in [6.45, 7) is -0.00624. The van der Waals surface area contributed by atoms with Crippen LogP contribution in [0.5, 0.6) is 23.0 Å². The number of carbonyl (C=O) groups excluding carboxylic acids is 2. The van der Waals surface area contributed by atoms with E-state index in [4.69, 9.17) is 23.7 Å². The minimum Gasteiger partial charge on any atom is -0.497 e. The molecule has 0 aliphatic heterocycles. The number of benzene rings is 2. The largest absolute Gasteiger partial charge is 0.497 e. The molecule has 0 spiro atoms. The van der Waals surface area contributed by atoms with Gasteiger partial charge in [-0.05, 0) is 36.4 Å². The Balaban J connectivity index is 1.72. The van der Waals surface area contributed by atoms with Crippen molar-refractivity contribution in [1.82, 2.24) is 5.32 Å². The summed E-state index contributed by atoms with van der Waals surface area (Å²) in [4.78, 5) is 23.9. The molecule has 0 fully saturated rings. The maximum absolute atomic E-state index is 12.2. The lowest BCUT2D eigenvalue weighted by Gasteiger charge is -2.10. The fourth-order valence-electron chi connectivity index (χ4n) is 2.23. The van der Waals surface area contributed by atoms with Crippen molar-refractivity contribution in [3.05, 3.63) is 48.0 Å². The lowest BCUT2D eigenvalue weighted by molar-refractivity contribution is -0.143. The van der Waals surface area contributed by atoms with Crippen LogP contribution in [0.1, 0.15) is 10.4 Å². The highest BCUT2D eigenvalue weighted by Crippen LogP contribution is 2.22. The smallest absolute Gasteiger partial charge is 0.325 e. The Morgan fingerprint density at radius 1 is 0.786 bits per heavy atom. The van der Waals surface area contributed by atoms with Gasteiger partial charge in [-0.15, -0.1) is 0 Å². The highest BCUT2D eigenvalue weighted by atomic mass is 16.6. The van der Waals surface area contributed by atoms with Gasteiger partial charge >= 0.3 is 5.97 Å². The van der Waals surface area contributed by atoms with Crippen LogP contribution >= 0.6 is 0 Å². The number of ether oxygens (including phenoxy) is 5. The summed E-state index contributed by atoms with van der Waals surface area (Å²) in [5.74, 6) is 1.30. The molecule has 2 aromatic rings. The molecule has 0 unspecified atom stereocenters. The third kappa shape index (κ3) is 6.39. The number of hydrogen-bond acceptors (Lipinski definition) is 7. The number of nitrogens with one attached hydrogen (secondary N) is 1. The quantitative estimate of drug-likeness (QED) is 0.491. The second-order valence-corrected chi connectivity index (χ2v) is 5.53. The van der Waals surface area contributed by atoms with Crippen LogP contribution < -0.4 is 24.3 Å². The molecule has 1 N–H and O–H groups in total. The van der Waals surface area contributed by atoms with Crippen LogP contribution in [0.25, 0.3) is 0 Å². The van der Waals surface area contributed by atoms with E-state index in [0.717, 1.165) is 5.75 Å². The van der Waals surface area contributed by atoms with E-state index in [1.165, 1.54) is 14.2 Å². The van der Waals surface area contributed by atoms with Crippen molar-refractivity contribution in [3.8, 4) is 23.0 Å². The van der Waals surface area contributed by atoms with Crippen LogP contribution in [0.2, 0.25) is 0 Å². The van der Waals surface area contributed by atoms with Crippen molar-refractivity contribution in [2.24, 2.45) is 0 Å². The first kappa shape index (κ1) is 20.9. The average molecular weight is 389 g/mol. The topological polar surface area (TPSA) is 92.3 Å². The molecule has 0 bridgehead atoms. The summed E-state index contributed by atoms with van der Waals surface area (Å²) in [6, 6.07) is 11.8. The minimum absolute atomic E-state index is 0.0632. The van der Waals surface area contributed by atoms with Crippen molar-refractivity contribution >= 4 is 11.9 Å². The van der Waals surface area contributed by atoms with Gasteiger partial charge in [-0.25, -0.2) is 0 Å². The normalized spacial score (nSPS) is 9.96. The Labute approximate surface area is 163 Å². The molecule has 0 aliphatic carbocycles. The molecule has 1 amide bonds. The van der Waals surface area contributed by atoms with E-state index in [1.807, 2.05) is 0 Å². The Morgan fingerprint density at radius 2 is 1.36 bits per heavy atom. The minimum atomic E-state index is -0.568. The standard InChI is InChI=1S/C20H23NO7/c1-24-15-4-6-16(7-5-15)27-8-9-28-19(22)13-21-20(23)14-10-17(25-2)12-18(11-14)26-3/h4-7,10-12H,8-9,13H2,1-3H3,(H,21,23). The number of esters is 1. The number of hydrogen-bond donors (Lipinski definition) is 1. The van der Waals surface area contributed by atoms with Gasteiger partial charge in [0.1, 0.15) is 42.8 Å². The van der Waals surface area contributed by atoms with E-state index in [-0.39, 0.29) is 19.8 Å². The van der Waals surface area contributed by atoms with Crippen LogP contribution in [0, 0.1) is 0 Å². The molecule has 0 aromatic heterocycles. The predicted molar refractivity (Wildman–Crippen MR) is 101 cm³/mol. The molecule has 2 rings (SSSR count). The number of rotatable bonds is 10. The monoisotopic (exact) mass is 389 g/mol. The van der Waals surface area contributed by atoms with Crippen molar-refractivity contribution in [3.63, 3.8) is 0 Å². The molecular formula is C20H23NO7. The van der Waals surface area contributed by atoms with Gasteiger partial charge in [0.15, 0.2) is 0 Å². The zero-order valence-corrected chi connectivity index (χ0v) is 16.0. The zero-order valence-electron chi connectivity index (χ0n) is 16.0. The molecule has 8 nitrogen and oxygen atoms in total. The SMILES string of the molecule is COc1ccc(OCCOC(=O)CNC(=O)c2cc(OC)cc(OC)c2)cc1. The first-order chi connectivity index (χ1) is 13.5. The Bertz CT molecular complexity index is 767. The summed E-state index contributed by atoms with van der Waals surface area (Å²) in [7, 11) is 4.56. The van der Waals surface area contributed by atoms with Crippen LogP contribution in [0.3, 0.4) is 0 Å². The second-order valence-electron chi connectivity index (χ2n) is 5.53. The second kappa shape index (κ2) is 10.7. The lowest BCUT2D eigenvalue weighted by atomic mass is 10.2. The molecule has 28 heavy (non-hydrogen) atoms. The van der Waals surface area contributed by atoms with Crippen LogP contribution in [0.4, 0.5) is 0 Å². The zero-order chi connectivity index (χ0) is 20.4. The van der Waals surface area contributed by atoms with Gasteiger partial charge in [0.25, 0.3) is 5.91 Å². The fourth-order valence-corrected chi connectivity index (χ4v) is 2.23. The number of carbonyl (C=O) groups is 2. The maximum atomic E-state index is 12.2. The molecule has 0 heterocycles. The Kier molecular flexibility index (Phi) is 7.95. The summed E-state index contributed by atoms with van der Waals surface area (Å²) < 4.78 is 25.8. The van der Waals surface area contributed by atoms with E-state index in [1.54, 1.807) is 49.6 Å². The van der Waals surface area contributed by atoms with Crippen molar-refractivity contribution in [2.75, 3.05) is 41.1 Å². The summed E-state index contributed by atoms with van der Waals surface area (Å²) in [6.07, 6.45) is 0. The molecule has 8 heteroatoms. The van der Waals surface area contributed by atoms with Crippen LogP contribution in [-0.2, 0) is 9.53 Å². The first-order valence-corrected chi connectivity index (χ1v) is 8.49. The van der Waals surface area contributed by atoms with Crippen molar-refractivity contribution in [2.45, 2.75) is 0 Å². The number of amides is 1. The van der Waals surface area contributed by atoms with E-state index in [0.29, 0.717) is 22.8 Å². The summed E-state index contributed by atoms with van der Waals surface area (Å²) in [5.41, 5.74) is 0.312. The Morgan fingerprint density at radius 3 is 1.93 bits per heavy atom. The molecule has 0 saturated carbocycles. The van der Waals surface area contributed by atoms with Crippen molar-refractivity contribution in [1.29, 1.82) is 0 Å². The molecule has 2 aromatic carbocycles. The van der Waals surface area contributed by atoms with Gasteiger partial charge in [-0.3, -0.25) is 9.59 Å². The predicted octanol–water partition coefficient (Wildman–Crippen LogP) is 2.06. The summed E-state index contributed by atoms with van der Waals surface area (Å²) in [5, 5.41) is 2.49. The Hall–Kier alpha value is -3.42. The third-order valence-electron chi connectivity index (χ3n) is 3.68. The number of methoxy groups -OCH3 is 3. The van der Waals surface area contributed by atoms with Gasteiger partial charge < -0.3 is 29.0 Å². The van der Waals surface area contributed by atoms with Gasteiger partial charge in [0, 0.05) is 11.6 Å². The average Bonchev–Trinajstić information content (AvgIpc) is 2.74. The highest BCUT2D eigenvalue weighted by molar-refractivity contribution is 5.96. The first-order valence-electron chi connectivity index (χ1n) is 8.49. The molecule has 0 aliphatic rings. The van der Waals surface area contributed by atoms with Gasteiger partial charge in [-0.2, -0.15) is 0 Å². The van der Waals surface area contributed by atoms with E-state index in [9.17, 15) is 9.59 Å². The maximum Gasteiger partial charge on any atom is 0.325 e. The summed E-state index contributed by atoms with van der Waals surface area (Å²) >= 11 is 0. The van der Waals surface area contributed by atoms with Gasteiger partial charge in [0.2, 0.25) is 0 Å². The van der Waals surface area contributed by atoms with E-state index >= 15 is 0 Å².